The van der Waals surface area contributed by atoms with Crippen LogP contribution in [0.3, 0.4) is 0 Å². The number of thioether (sulfide) groups is 2. The average molecular weight is 346 g/mol. The molecule has 0 bridgehead atoms. The number of nitrogens with zero attached hydrogens (tertiary/aromatic N) is 1. The van der Waals surface area contributed by atoms with Crippen LogP contribution < -0.4 is 5.32 Å². The Hall–Kier alpha value is -1.12. The number of nitrogens with one attached hydrogen (secondary N) is 1. The number of carbonyl (C=O) groups excluding carboxylic acids is 1. The summed E-state index contributed by atoms with van der Waals surface area (Å²) in [7, 11) is 0. The van der Waals surface area contributed by atoms with Crippen molar-refractivity contribution in [3.05, 3.63) is 35.3 Å². The van der Waals surface area contributed by atoms with Crippen LogP contribution >= 0.6 is 34.9 Å². The Morgan fingerprint density at radius 2 is 2.10 bits per heavy atom. The number of amides is 1. The Morgan fingerprint density at radius 3 is 2.67 bits per heavy atom. The van der Waals surface area contributed by atoms with Gasteiger partial charge in [-0.2, -0.15) is 8.78 Å². The number of aromatic nitrogens is 1. The van der Waals surface area contributed by atoms with Gasteiger partial charge in [0.25, 0.3) is 5.76 Å². The van der Waals surface area contributed by atoms with E-state index in [4.69, 9.17) is 0 Å². The zero-order chi connectivity index (χ0) is 15.2. The minimum atomic E-state index is -2.44. The van der Waals surface area contributed by atoms with Gasteiger partial charge in [0.1, 0.15) is 0 Å². The Kier molecular flexibility index (Phi) is 6.01. The first-order valence-corrected chi connectivity index (χ1v) is 8.67. The molecule has 0 aliphatic rings. The molecule has 0 atom stereocenters. The molecule has 2 aromatic rings. The molecule has 0 unspecified atom stereocenters. The monoisotopic (exact) mass is 346 g/mol. The Balaban J connectivity index is 1.82. The topological polar surface area (TPSA) is 42.0 Å². The Labute approximate surface area is 133 Å². The number of aryl methyl sites for hydroxylation is 1. The highest BCUT2D eigenvalue weighted by Gasteiger charge is 2.08. The second-order valence-corrected chi connectivity index (χ2v) is 7.14. The lowest BCUT2D eigenvalue weighted by Crippen LogP contribution is -2.13. The molecule has 3 nitrogen and oxygen atoms in total. The first-order chi connectivity index (χ1) is 10.0. The maximum atomic E-state index is 12.2. The molecular formula is C13H12F2N2OS3. The van der Waals surface area contributed by atoms with Gasteiger partial charge in [-0.25, -0.2) is 4.98 Å². The number of rotatable bonds is 6. The van der Waals surface area contributed by atoms with Crippen molar-refractivity contribution >= 4 is 46.5 Å². The van der Waals surface area contributed by atoms with Gasteiger partial charge in [-0.1, -0.05) is 23.5 Å². The van der Waals surface area contributed by atoms with E-state index in [0.29, 0.717) is 22.3 Å². The summed E-state index contributed by atoms with van der Waals surface area (Å²) in [6.07, 6.45) is 0. The molecule has 1 aromatic carbocycles. The van der Waals surface area contributed by atoms with Gasteiger partial charge >= 0.3 is 0 Å². The number of carbonyl (C=O) groups is 1. The minimum absolute atomic E-state index is 0.151. The van der Waals surface area contributed by atoms with Gasteiger partial charge in [-0.05, 0) is 31.2 Å². The van der Waals surface area contributed by atoms with Crippen LogP contribution in [0.15, 0.2) is 38.9 Å². The third-order valence-electron chi connectivity index (χ3n) is 2.29. The molecule has 21 heavy (non-hydrogen) atoms. The number of hydrogen-bond donors (Lipinski definition) is 1. The SMILES string of the molecule is Cc1csc(SCC(=O)Nc2ccc(SC(F)F)cc2)n1. The summed E-state index contributed by atoms with van der Waals surface area (Å²) >= 11 is 3.35. The molecule has 1 amide bonds. The largest absolute Gasteiger partial charge is 0.325 e. The molecule has 0 radical (unpaired) electrons. The summed E-state index contributed by atoms with van der Waals surface area (Å²) in [6.45, 7) is 1.90. The van der Waals surface area contributed by atoms with Crippen LogP contribution in [0.1, 0.15) is 5.69 Å². The second-order valence-electron chi connectivity index (χ2n) is 3.99. The van der Waals surface area contributed by atoms with Crippen molar-refractivity contribution in [3.63, 3.8) is 0 Å². The van der Waals surface area contributed by atoms with Crippen LogP contribution in [0.4, 0.5) is 14.5 Å². The van der Waals surface area contributed by atoms with Crippen LogP contribution in [0, 0.1) is 6.92 Å². The van der Waals surface area contributed by atoms with Crippen molar-refractivity contribution in [2.75, 3.05) is 11.1 Å². The predicted molar refractivity (Wildman–Crippen MR) is 84.5 cm³/mol. The first-order valence-electron chi connectivity index (χ1n) is 5.92. The van der Waals surface area contributed by atoms with E-state index in [-0.39, 0.29) is 11.7 Å². The molecule has 0 aliphatic heterocycles. The number of thiazole rings is 1. The lowest BCUT2D eigenvalue weighted by molar-refractivity contribution is -0.113. The summed E-state index contributed by atoms with van der Waals surface area (Å²) < 4.78 is 25.2. The van der Waals surface area contributed by atoms with E-state index < -0.39 is 5.76 Å². The van der Waals surface area contributed by atoms with Gasteiger partial charge in [-0.3, -0.25) is 4.79 Å². The van der Waals surface area contributed by atoms with E-state index in [2.05, 4.69) is 10.3 Å². The fourth-order valence-corrected chi connectivity index (χ4v) is 3.59. The lowest BCUT2D eigenvalue weighted by atomic mass is 10.3. The fraction of sp³-hybridized carbons (Fsp3) is 0.231. The quantitative estimate of drug-likeness (QED) is 0.782. The van der Waals surface area contributed by atoms with E-state index in [1.54, 1.807) is 24.3 Å². The molecule has 1 heterocycles. The van der Waals surface area contributed by atoms with Crippen molar-refractivity contribution in [1.29, 1.82) is 0 Å². The first kappa shape index (κ1) is 16.3. The second kappa shape index (κ2) is 7.77. The number of anilines is 1. The zero-order valence-corrected chi connectivity index (χ0v) is 13.5. The molecule has 0 spiro atoms. The van der Waals surface area contributed by atoms with Crippen molar-refractivity contribution in [2.45, 2.75) is 21.9 Å². The van der Waals surface area contributed by atoms with Crippen molar-refractivity contribution < 1.29 is 13.6 Å². The van der Waals surface area contributed by atoms with E-state index in [0.717, 1.165) is 10.0 Å². The molecule has 0 fully saturated rings. The molecule has 8 heteroatoms. The average Bonchev–Trinajstić information content (AvgIpc) is 2.84. The summed E-state index contributed by atoms with van der Waals surface area (Å²) in [6, 6.07) is 6.34. The van der Waals surface area contributed by atoms with Crippen molar-refractivity contribution in [2.24, 2.45) is 0 Å². The lowest BCUT2D eigenvalue weighted by Gasteiger charge is -2.05. The van der Waals surface area contributed by atoms with Gasteiger partial charge in [0, 0.05) is 21.7 Å². The summed E-state index contributed by atoms with van der Waals surface area (Å²) in [5.41, 5.74) is 1.53. The zero-order valence-electron chi connectivity index (χ0n) is 11.0. The minimum Gasteiger partial charge on any atom is -0.325 e. The summed E-state index contributed by atoms with van der Waals surface area (Å²) in [5.74, 6) is -2.33. The van der Waals surface area contributed by atoms with Crippen LogP contribution in [0.2, 0.25) is 0 Å². The predicted octanol–water partition coefficient (Wildman–Crippen LogP) is 4.50. The standard InChI is InChI=1S/C13H12F2N2OS3/c1-8-6-19-13(16-8)20-7-11(18)17-9-2-4-10(5-3-9)21-12(14)15/h2-6,12H,7H2,1H3,(H,17,18). The highest BCUT2D eigenvalue weighted by atomic mass is 32.2. The fourth-order valence-electron chi connectivity index (χ4n) is 1.44. The molecule has 0 aliphatic carbocycles. The van der Waals surface area contributed by atoms with Gasteiger partial charge in [-0.15, -0.1) is 11.3 Å². The smallest absolute Gasteiger partial charge is 0.288 e. The van der Waals surface area contributed by atoms with Gasteiger partial charge < -0.3 is 5.32 Å². The van der Waals surface area contributed by atoms with Gasteiger partial charge in [0.05, 0.1) is 5.75 Å². The van der Waals surface area contributed by atoms with Crippen molar-refractivity contribution in [1.82, 2.24) is 4.98 Å². The number of halogens is 2. The Bertz CT molecular complexity index is 602. The molecular weight excluding hydrogens is 334 g/mol. The molecule has 112 valence electrons. The van der Waals surface area contributed by atoms with Crippen LogP contribution in [-0.2, 0) is 4.79 Å². The summed E-state index contributed by atoms with van der Waals surface area (Å²) in [4.78, 5) is 16.5. The number of benzene rings is 1. The normalized spacial score (nSPS) is 10.9. The molecule has 1 N–H and O–H groups in total. The molecule has 1 aromatic heterocycles. The summed E-state index contributed by atoms with van der Waals surface area (Å²) in [5, 5.41) is 4.65. The third-order valence-corrected chi connectivity index (χ3v) is 5.15. The Morgan fingerprint density at radius 1 is 1.38 bits per heavy atom. The molecule has 0 saturated carbocycles. The molecule has 2 rings (SSSR count). The highest BCUT2D eigenvalue weighted by molar-refractivity contribution is 8.01. The van der Waals surface area contributed by atoms with Crippen LogP contribution in [0.5, 0.6) is 0 Å². The van der Waals surface area contributed by atoms with Crippen molar-refractivity contribution in [3.8, 4) is 0 Å². The van der Waals surface area contributed by atoms with E-state index in [1.165, 1.54) is 23.1 Å². The van der Waals surface area contributed by atoms with Crippen LogP contribution in [0.25, 0.3) is 0 Å². The van der Waals surface area contributed by atoms with Gasteiger partial charge in [0.15, 0.2) is 4.34 Å². The molecule has 0 saturated heterocycles. The van der Waals surface area contributed by atoms with Gasteiger partial charge in [0.2, 0.25) is 5.91 Å². The number of hydrogen-bond acceptors (Lipinski definition) is 5. The van der Waals surface area contributed by atoms with E-state index in [9.17, 15) is 13.6 Å². The third kappa shape index (κ3) is 5.64. The van der Waals surface area contributed by atoms with E-state index in [1.807, 2.05) is 12.3 Å². The maximum Gasteiger partial charge on any atom is 0.288 e. The highest BCUT2D eigenvalue weighted by Crippen LogP contribution is 2.26. The number of alkyl halides is 2. The van der Waals surface area contributed by atoms with Crippen LogP contribution in [-0.4, -0.2) is 22.4 Å². The van der Waals surface area contributed by atoms with E-state index >= 15 is 0 Å². The maximum absolute atomic E-state index is 12.2.